The number of hydrogen-bond acceptors (Lipinski definition) is 4. The standard InChI is InChI=1S/C18H30NO4/c1-4-5-7-19(2,3)8-6-9-22-17(20)15-12-10-13-14(11-12)23-18(21)16(13)15/h12-16H,4-11H2,1-3H3/q+1/t12-,13-,14+,15+,16-/m0/s1. The Kier molecular flexibility index (Phi) is 4.68. The molecule has 1 saturated heterocycles. The third kappa shape index (κ3) is 3.25. The summed E-state index contributed by atoms with van der Waals surface area (Å²) in [7, 11) is 4.45. The SMILES string of the molecule is CCCC[N+](C)(C)CCCOC(=O)[C@@H]1[C@H]2C[C@@H]3[C@@H]1C(=O)O[C@@H]3C2. The van der Waals surface area contributed by atoms with E-state index in [9.17, 15) is 9.59 Å². The van der Waals surface area contributed by atoms with Gasteiger partial charge in [-0.2, -0.15) is 0 Å². The monoisotopic (exact) mass is 324 g/mol. The van der Waals surface area contributed by atoms with E-state index in [1.165, 1.54) is 12.8 Å². The lowest BCUT2D eigenvalue weighted by atomic mass is 9.80. The van der Waals surface area contributed by atoms with Gasteiger partial charge in [0.2, 0.25) is 0 Å². The molecule has 2 bridgehead atoms. The first-order valence-corrected chi connectivity index (χ1v) is 9.12. The van der Waals surface area contributed by atoms with Crippen molar-refractivity contribution in [3.63, 3.8) is 0 Å². The number of carbonyl (C=O) groups excluding carboxylic acids is 2. The molecular formula is C18H30NO4+. The molecular weight excluding hydrogens is 294 g/mol. The Balaban J connectivity index is 1.43. The van der Waals surface area contributed by atoms with Gasteiger partial charge in [0.05, 0.1) is 45.6 Å². The van der Waals surface area contributed by atoms with Gasteiger partial charge in [0, 0.05) is 12.3 Å². The molecule has 0 amide bonds. The van der Waals surface area contributed by atoms with Gasteiger partial charge in [-0.15, -0.1) is 0 Å². The van der Waals surface area contributed by atoms with E-state index in [1.54, 1.807) is 0 Å². The van der Waals surface area contributed by atoms with Gasteiger partial charge in [0.1, 0.15) is 6.10 Å². The number of hydrogen-bond donors (Lipinski definition) is 0. The maximum atomic E-state index is 12.4. The van der Waals surface area contributed by atoms with Crippen LogP contribution in [0.5, 0.6) is 0 Å². The average Bonchev–Trinajstić information content (AvgIpc) is 3.11. The molecule has 0 radical (unpaired) electrons. The first kappa shape index (κ1) is 16.7. The minimum atomic E-state index is -0.242. The fraction of sp³-hybridized carbons (Fsp3) is 0.889. The van der Waals surface area contributed by atoms with E-state index in [0.717, 1.165) is 36.8 Å². The van der Waals surface area contributed by atoms with Crippen molar-refractivity contribution in [1.29, 1.82) is 0 Å². The summed E-state index contributed by atoms with van der Waals surface area (Å²) in [5, 5.41) is 0. The Morgan fingerprint density at radius 2 is 2.00 bits per heavy atom. The quantitative estimate of drug-likeness (QED) is 0.389. The van der Waals surface area contributed by atoms with Crippen LogP contribution in [0.3, 0.4) is 0 Å². The second-order valence-electron chi connectivity index (χ2n) is 8.18. The molecule has 5 atom stereocenters. The highest BCUT2D eigenvalue weighted by molar-refractivity contribution is 5.85. The van der Waals surface area contributed by atoms with Gasteiger partial charge >= 0.3 is 11.9 Å². The molecule has 3 fully saturated rings. The number of fused-ring (bicyclic) bond motifs is 1. The van der Waals surface area contributed by atoms with Gasteiger partial charge in [-0.25, -0.2) is 0 Å². The number of carbonyl (C=O) groups is 2. The summed E-state index contributed by atoms with van der Waals surface area (Å²) >= 11 is 0. The van der Waals surface area contributed by atoms with E-state index >= 15 is 0 Å². The maximum Gasteiger partial charge on any atom is 0.310 e. The van der Waals surface area contributed by atoms with Gasteiger partial charge in [0.15, 0.2) is 0 Å². The highest BCUT2D eigenvalue weighted by Crippen LogP contribution is 2.57. The van der Waals surface area contributed by atoms with Crippen LogP contribution in [-0.2, 0) is 19.1 Å². The third-order valence-corrected chi connectivity index (χ3v) is 6.02. The van der Waals surface area contributed by atoms with Crippen molar-refractivity contribution < 1.29 is 23.5 Å². The van der Waals surface area contributed by atoms with Gasteiger partial charge in [-0.05, 0) is 25.2 Å². The maximum absolute atomic E-state index is 12.4. The summed E-state index contributed by atoms with van der Waals surface area (Å²) in [5.74, 6) is -0.227. The van der Waals surface area contributed by atoms with E-state index in [1.807, 2.05) is 0 Å². The lowest BCUT2D eigenvalue weighted by Gasteiger charge is -2.30. The van der Waals surface area contributed by atoms with Crippen molar-refractivity contribution in [2.24, 2.45) is 23.7 Å². The van der Waals surface area contributed by atoms with Crippen LogP contribution >= 0.6 is 0 Å². The predicted molar refractivity (Wildman–Crippen MR) is 85.4 cm³/mol. The molecule has 1 heterocycles. The Morgan fingerprint density at radius 3 is 2.74 bits per heavy atom. The molecule has 23 heavy (non-hydrogen) atoms. The number of esters is 2. The molecule has 3 rings (SSSR count). The Bertz CT molecular complexity index is 474. The summed E-state index contributed by atoms with van der Waals surface area (Å²) in [6.45, 7) is 4.84. The van der Waals surface area contributed by atoms with Gasteiger partial charge in [-0.3, -0.25) is 9.59 Å². The van der Waals surface area contributed by atoms with Crippen LogP contribution in [0.15, 0.2) is 0 Å². The fourth-order valence-corrected chi connectivity index (χ4v) is 4.78. The van der Waals surface area contributed by atoms with Crippen molar-refractivity contribution in [3.8, 4) is 0 Å². The summed E-state index contributed by atoms with van der Waals surface area (Å²) in [6, 6.07) is 0. The zero-order valence-electron chi connectivity index (χ0n) is 14.6. The number of quaternary nitrogens is 1. The van der Waals surface area contributed by atoms with Crippen LogP contribution in [0.25, 0.3) is 0 Å². The molecule has 1 aliphatic heterocycles. The van der Waals surface area contributed by atoms with Crippen molar-refractivity contribution in [2.75, 3.05) is 33.8 Å². The van der Waals surface area contributed by atoms with Crippen molar-refractivity contribution in [2.45, 2.75) is 45.1 Å². The molecule has 3 aliphatic rings. The van der Waals surface area contributed by atoms with Crippen molar-refractivity contribution in [3.05, 3.63) is 0 Å². The predicted octanol–water partition coefficient (Wildman–Crippen LogP) is 1.99. The van der Waals surface area contributed by atoms with E-state index in [0.29, 0.717) is 12.5 Å². The lowest BCUT2D eigenvalue weighted by molar-refractivity contribution is -0.890. The van der Waals surface area contributed by atoms with Crippen LogP contribution in [0.4, 0.5) is 0 Å². The largest absolute Gasteiger partial charge is 0.465 e. The van der Waals surface area contributed by atoms with E-state index in [2.05, 4.69) is 21.0 Å². The van der Waals surface area contributed by atoms with Gasteiger partial charge in [-0.1, -0.05) is 13.3 Å². The zero-order valence-corrected chi connectivity index (χ0v) is 14.6. The molecule has 2 aliphatic carbocycles. The smallest absolute Gasteiger partial charge is 0.310 e. The molecule has 0 unspecified atom stereocenters. The molecule has 130 valence electrons. The first-order chi connectivity index (χ1) is 10.9. The number of unbranched alkanes of at least 4 members (excludes halogenated alkanes) is 1. The summed E-state index contributed by atoms with van der Waals surface area (Å²) < 4.78 is 11.9. The summed E-state index contributed by atoms with van der Waals surface area (Å²) in [5.41, 5.74) is 0. The van der Waals surface area contributed by atoms with E-state index < -0.39 is 0 Å². The summed E-state index contributed by atoms with van der Waals surface area (Å²) in [6.07, 6.45) is 5.21. The van der Waals surface area contributed by atoms with Gasteiger partial charge < -0.3 is 14.0 Å². The van der Waals surface area contributed by atoms with E-state index in [-0.39, 0.29) is 35.8 Å². The molecule has 0 spiro atoms. The van der Waals surface area contributed by atoms with Crippen molar-refractivity contribution in [1.82, 2.24) is 0 Å². The van der Waals surface area contributed by atoms with Crippen molar-refractivity contribution >= 4 is 11.9 Å². The summed E-state index contributed by atoms with van der Waals surface area (Å²) in [4.78, 5) is 24.4. The molecule has 2 saturated carbocycles. The van der Waals surface area contributed by atoms with E-state index in [4.69, 9.17) is 9.47 Å². The topological polar surface area (TPSA) is 52.6 Å². The molecule has 0 N–H and O–H groups in total. The first-order valence-electron chi connectivity index (χ1n) is 9.12. The van der Waals surface area contributed by atoms with Gasteiger partial charge in [0.25, 0.3) is 0 Å². The minimum Gasteiger partial charge on any atom is -0.465 e. The number of rotatable bonds is 8. The Morgan fingerprint density at radius 1 is 1.26 bits per heavy atom. The minimum absolute atomic E-state index is 0.0817. The second kappa shape index (κ2) is 6.42. The van der Waals surface area contributed by atoms with Crippen LogP contribution in [0, 0.1) is 23.7 Å². The van der Waals surface area contributed by atoms with Crippen LogP contribution in [-0.4, -0.2) is 56.3 Å². The highest BCUT2D eigenvalue weighted by atomic mass is 16.6. The highest BCUT2D eigenvalue weighted by Gasteiger charge is 2.64. The van der Waals surface area contributed by atoms with Crippen LogP contribution < -0.4 is 0 Å². The fourth-order valence-electron chi connectivity index (χ4n) is 4.78. The Labute approximate surface area is 138 Å². The average molecular weight is 324 g/mol. The number of ether oxygens (including phenoxy) is 2. The normalized spacial score (nSPS) is 34.7. The molecule has 0 aromatic rings. The van der Waals surface area contributed by atoms with Crippen LogP contribution in [0.2, 0.25) is 0 Å². The molecule has 5 heteroatoms. The molecule has 5 nitrogen and oxygen atoms in total. The lowest BCUT2D eigenvalue weighted by Crippen LogP contribution is -2.41. The zero-order chi connectivity index (χ0) is 16.6. The Hall–Kier alpha value is -1.10. The number of nitrogens with zero attached hydrogens (tertiary/aromatic N) is 1. The second-order valence-corrected chi connectivity index (χ2v) is 8.18. The molecule has 0 aromatic heterocycles. The van der Waals surface area contributed by atoms with Crippen LogP contribution in [0.1, 0.15) is 39.0 Å². The molecule has 0 aromatic carbocycles. The third-order valence-electron chi connectivity index (χ3n) is 6.02.